The van der Waals surface area contributed by atoms with Crippen molar-refractivity contribution in [2.45, 2.75) is 51.4 Å². The van der Waals surface area contributed by atoms with Crippen LogP contribution in [0, 0.1) is 0 Å². The van der Waals surface area contributed by atoms with Crippen LogP contribution in [0.5, 0.6) is 5.75 Å². The summed E-state index contributed by atoms with van der Waals surface area (Å²) in [5.41, 5.74) is 10.3. The van der Waals surface area contributed by atoms with Crippen LogP contribution in [0.3, 0.4) is 0 Å². The molecule has 0 saturated heterocycles. The number of alkyl carbamates (subject to hydrolysis) is 1. The van der Waals surface area contributed by atoms with E-state index in [4.69, 9.17) is 20.9 Å². The molecule has 1 aliphatic heterocycles. The molecule has 31 heavy (non-hydrogen) atoms. The van der Waals surface area contributed by atoms with Crippen LogP contribution in [-0.2, 0) is 25.5 Å². The van der Waals surface area contributed by atoms with Gasteiger partial charge in [-0.15, -0.1) is 0 Å². The Morgan fingerprint density at radius 3 is 2.58 bits per heavy atom. The van der Waals surface area contributed by atoms with E-state index in [1.807, 2.05) is 0 Å². The Balaban J connectivity index is 2.09. The number of hydrogen-bond acceptors (Lipinski definition) is 6. The molecule has 168 valence electrons. The number of fused-ring (bicyclic) bond motifs is 1. The highest BCUT2D eigenvalue weighted by atomic mass is 16.6. The quantitative estimate of drug-likeness (QED) is 0.304. The number of carbonyl (C=O) groups is 4. The van der Waals surface area contributed by atoms with Gasteiger partial charge in [-0.2, -0.15) is 4.99 Å². The van der Waals surface area contributed by atoms with E-state index in [2.05, 4.69) is 15.6 Å². The predicted octanol–water partition coefficient (Wildman–Crippen LogP) is 0.0966. The van der Waals surface area contributed by atoms with E-state index < -0.39 is 47.6 Å². The minimum Gasteiger partial charge on any atom is -0.480 e. The lowest BCUT2D eigenvalue weighted by atomic mass is 10.0. The lowest BCUT2D eigenvalue weighted by Crippen LogP contribution is -2.44. The molecule has 0 fully saturated rings. The van der Waals surface area contributed by atoms with Crippen LogP contribution < -0.4 is 26.8 Å². The van der Waals surface area contributed by atoms with E-state index in [1.54, 1.807) is 26.8 Å². The molecule has 1 aromatic carbocycles. The van der Waals surface area contributed by atoms with Gasteiger partial charge in [0.15, 0.2) is 12.1 Å². The second-order valence-corrected chi connectivity index (χ2v) is 7.80. The molecule has 2 rings (SSSR count). The van der Waals surface area contributed by atoms with Crippen LogP contribution in [0.1, 0.15) is 32.8 Å². The molecule has 0 spiro atoms. The first kappa shape index (κ1) is 23.4. The highest BCUT2D eigenvalue weighted by molar-refractivity contribution is 6.01. The van der Waals surface area contributed by atoms with Crippen LogP contribution in [0.15, 0.2) is 23.2 Å². The normalized spacial score (nSPS) is 16.1. The van der Waals surface area contributed by atoms with Crippen molar-refractivity contribution in [2.75, 3.05) is 5.32 Å². The fourth-order valence-electron chi connectivity index (χ4n) is 2.69. The van der Waals surface area contributed by atoms with Gasteiger partial charge in [0.05, 0.1) is 12.1 Å². The standard InChI is InChI=1S/C19H25N5O7/c1-19(2,3)31-18(29)23-11(16(27)28)7-9-4-5-12-10(6-9)22-15(26)13(30-12)8-14(25)24-17(20)21/h4-6,11,13H,7-8H2,1-3H3,(H,22,26)(H,23,29)(H,27,28)(H4,20,21,24,25)/t11-,13?/m0/s1. The van der Waals surface area contributed by atoms with Crippen molar-refractivity contribution >= 4 is 35.5 Å². The monoisotopic (exact) mass is 435 g/mol. The fraction of sp³-hybridized carbons (Fsp3) is 0.421. The van der Waals surface area contributed by atoms with Crippen molar-refractivity contribution < 1.29 is 33.8 Å². The summed E-state index contributed by atoms with van der Waals surface area (Å²) in [5, 5.41) is 14.3. The van der Waals surface area contributed by atoms with Gasteiger partial charge in [-0.25, -0.2) is 9.59 Å². The van der Waals surface area contributed by atoms with Gasteiger partial charge in [-0.05, 0) is 38.5 Å². The van der Waals surface area contributed by atoms with Crippen molar-refractivity contribution in [3.8, 4) is 5.75 Å². The SMILES string of the molecule is CC(C)(C)OC(=O)N[C@@H](Cc1ccc2c(c1)NC(=O)C(CC(=O)N=C(N)N)O2)C(=O)O. The van der Waals surface area contributed by atoms with E-state index in [1.165, 1.54) is 12.1 Å². The molecule has 12 nitrogen and oxygen atoms in total. The van der Waals surface area contributed by atoms with Crippen molar-refractivity contribution in [3.63, 3.8) is 0 Å². The highest BCUT2D eigenvalue weighted by Gasteiger charge is 2.30. The largest absolute Gasteiger partial charge is 0.480 e. The minimum absolute atomic E-state index is 0.0653. The van der Waals surface area contributed by atoms with E-state index in [-0.39, 0.29) is 18.6 Å². The molecule has 0 radical (unpaired) electrons. The number of nitrogens with two attached hydrogens (primary N) is 2. The third-order valence-electron chi connectivity index (χ3n) is 3.91. The maximum atomic E-state index is 12.2. The summed E-state index contributed by atoms with van der Waals surface area (Å²) in [4.78, 5) is 50.7. The number of amides is 3. The molecule has 0 aliphatic carbocycles. The Bertz CT molecular complexity index is 919. The highest BCUT2D eigenvalue weighted by Crippen LogP contribution is 2.31. The van der Waals surface area contributed by atoms with E-state index >= 15 is 0 Å². The zero-order chi connectivity index (χ0) is 23.3. The number of benzene rings is 1. The van der Waals surface area contributed by atoms with Gasteiger partial charge in [0.25, 0.3) is 11.8 Å². The number of nitrogens with zero attached hydrogens (tertiary/aromatic N) is 1. The summed E-state index contributed by atoms with van der Waals surface area (Å²) in [5.74, 6) is -2.66. The van der Waals surface area contributed by atoms with Gasteiger partial charge in [0, 0.05) is 6.42 Å². The number of hydrogen-bond donors (Lipinski definition) is 5. The number of guanidine groups is 1. The van der Waals surface area contributed by atoms with Crippen molar-refractivity contribution in [2.24, 2.45) is 16.5 Å². The molecule has 0 aromatic heterocycles. The van der Waals surface area contributed by atoms with Gasteiger partial charge < -0.3 is 36.7 Å². The van der Waals surface area contributed by atoms with Crippen LogP contribution in [-0.4, -0.2) is 52.7 Å². The molecular weight excluding hydrogens is 410 g/mol. The molecule has 1 unspecified atom stereocenters. The molecule has 0 saturated carbocycles. The number of aliphatic carboxylic acids is 1. The third-order valence-corrected chi connectivity index (χ3v) is 3.91. The number of carboxylic acids is 1. The molecule has 3 amide bonds. The van der Waals surface area contributed by atoms with Crippen LogP contribution in [0.4, 0.5) is 10.5 Å². The van der Waals surface area contributed by atoms with Crippen molar-refractivity contribution in [1.82, 2.24) is 5.32 Å². The van der Waals surface area contributed by atoms with Crippen LogP contribution in [0.2, 0.25) is 0 Å². The number of carbonyl (C=O) groups excluding carboxylic acids is 3. The summed E-state index contributed by atoms with van der Waals surface area (Å²) < 4.78 is 10.6. The lowest BCUT2D eigenvalue weighted by molar-refractivity contribution is -0.139. The Morgan fingerprint density at radius 2 is 2.00 bits per heavy atom. The van der Waals surface area contributed by atoms with Gasteiger partial charge in [-0.3, -0.25) is 9.59 Å². The van der Waals surface area contributed by atoms with Gasteiger partial charge in [-0.1, -0.05) is 6.07 Å². The average Bonchev–Trinajstić information content (AvgIpc) is 2.59. The first-order chi connectivity index (χ1) is 14.3. The second kappa shape index (κ2) is 9.32. The zero-order valence-electron chi connectivity index (χ0n) is 17.3. The Hall–Kier alpha value is -3.83. The molecule has 2 atom stereocenters. The summed E-state index contributed by atoms with van der Waals surface area (Å²) in [6, 6.07) is 3.37. The summed E-state index contributed by atoms with van der Waals surface area (Å²) in [7, 11) is 0. The van der Waals surface area contributed by atoms with Crippen molar-refractivity contribution in [3.05, 3.63) is 23.8 Å². The molecule has 12 heteroatoms. The summed E-state index contributed by atoms with van der Waals surface area (Å²) in [6.07, 6.45) is -2.40. The average molecular weight is 435 g/mol. The van der Waals surface area contributed by atoms with E-state index in [0.717, 1.165) is 0 Å². The molecule has 0 bridgehead atoms. The first-order valence-corrected chi connectivity index (χ1v) is 9.29. The predicted molar refractivity (Wildman–Crippen MR) is 109 cm³/mol. The number of carboxylic acid groups (broad SMARTS) is 1. The van der Waals surface area contributed by atoms with Crippen LogP contribution >= 0.6 is 0 Å². The number of rotatable bonds is 6. The molecule has 1 heterocycles. The smallest absolute Gasteiger partial charge is 0.408 e. The topological polar surface area (TPSA) is 195 Å². The Kier molecular flexibility index (Phi) is 7.05. The van der Waals surface area contributed by atoms with E-state index in [9.17, 15) is 24.3 Å². The fourth-order valence-corrected chi connectivity index (χ4v) is 2.69. The minimum atomic E-state index is -1.25. The first-order valence-electron chi connectivity index (χ1n) is 9.29. The lowest BCUT2D eigenvalue weighted by Gasteiger charge is -2.26. The third kappa shape index (κ3) is 7.17. The Labute approximate surface area is 178 Å². The molecule has 1 aliphatic rings. The molecule has 7 N–H and O–H groups in total. The number of aliphatic imine (C=N–C) groups is 1. The molecular formula is C19H25N5O7. The van der Waals surface area contributed by atoms with Crippen molar-refractivity contribution in [1.29, 1.82) is 0 Å². The van der Waals surface area contributed by atoms with Gasteiger partial charge in [0.1, 0.15) is 17.4 Å². The van der Waals surface area contributed by atoms with E-state index in [0.29, 0.717) is 11.3 Å². The van der Waals surface area contributed by atoms with Gasteiger partial charge >= 0.3 is 12.1 Å². The maximum Gasteiger partial charge on any atom is 0.408 e. The zero-order valence-corrected chi connectivity index (χ0v) is 17.3. The van der Waals surface area contributed by atoms with Gasteiger partial charge in [0.2, 0.25) is 0 Å². The summed E-state index contributed by atoms with van der Waals surface area (Å²) in [6.45, 7) is 4.98. The second-order valence-electron chi connectivity index (χ2n) is 7.80. The summed E-state index contributed by atoms with van der Waals surface area (Å²) >= 11 is 0. The molecule has 1 aromatic rings. The van der Waals surface area contributed by atoms with Crippen LogP contribution in [0.25, 0.3) is 0 Å². The maximum absolute atomic E-state index is 12.2. The number of ether oxygens (including phenoxy) is 2. The Morgan fingerprint density at radius 1 is 1.32 bits per heavy atom. The number of nitrogens with one attached hydrogen (secondary N) is 2. The number of anilines is 1.